The Balaban J connectivity index is 2.14. The number of carbonyl (C=O) groups is 1. The lowest BCUT2D eigenvalue weighted by atomic mass is 10.1. The molecule has 0 saturated heterocycles. The summed E-state index contributed by atoms with van der Waals surface area (Å²) in [5, 5.41) is 0. The topological polar surface area (TPSA) is 52.1 Å². The minimum Gasteiger partial charge on any atom is -0.497 e. The minimum atomic E-state index is -0.151. The van der Waals surface area contributed by atoms with E-state index in [1.54, 1.807) is 26.3 Å². The summed E-state index contributed by atoms with van der Waals surface area (Å²) < 4.78 is 5.07. The second-order valence-corrected chi connectivity index (χ2v) is 3.96. The largest absolute Gasteiger partial charge is 0.497 e. The fraction of sp³-hybridized carbons (Fsp3) is 0.133. The van der Waals surface area contributed by atoms with Gasteiger partial charge in [-0.1, -0.05) is 18.2 Å². The van der Waals surface area contributed by atoms with Crippen LogP contribution in [0.2, 0.25) is 0 Å². The van der Waals surface area contributed by atoms with Crippen LogP contribution in [-0.2, 0) is 0 Å². The maximum atomic E-state index is 11.9. The summed E-state index contributed by atoms with van der Waals surface area (Å²) in [5.41, 5.74) is 1.94. The number of rotatable bonds is 4. The molecule has 19 heavy (non-hydrogen) atoms. The number of aromatic nitrogens is 2. The first-order valence-corrected chi connectivity index (χ1v) is 5.85. The molecule has 0 aliphatic heterocycles. The Kier molecular flexibility index (Phi) is 4.03. The van der Waals surface area contributed by atoms with Gasteiger partial charge in [-0.15, -0.1) is 0 Å². The second kappa shape index (κ2) is 5.91. The Morgan fingerprint density at radius 1 is 1.16 bits per heavy atom. The first-order chi connectivity index (χ1) is 9.20. The van der Waals surface area contributed by atoms with E-state index in [0.717, 1.165) is 11.3 Å². The number of benzene rings is 1. The highest BCUT2D eigenvalue weighted by atomic mass is 16.5. The van der Waals surface area contributed by atoms with E-state index in [2.05, 4.69) is 9.97 Å². The summed E-state index contributed by atoms with van der Waals surface area (Å²) in [7, 11) is 1.62. The number of nitrogens with zero attached hydrogens (tertiary/aromatic N) is 2. The molecule has 1 aromatic carbocycles. The molecule has 4 heteroatoms. The number of methoxy groups -OCH3 is 1. The van der Waals surface area contributed by atoms with Gasteiger partial charge in [0.25, 0.3) is 0 Å². The van der Waals surface area contributed by atoms with Crippen LogP contribution in [0.1, 0.15) is 21.7 Å². The Bertz CT molecular complexity index is 604. The van der Waals surface area contributed by atoms with Gasteiger partial charge in [-0.05, 0) is 30.7 Å². The van der Waals surface area contributed by atoms with E-state index in [4.69, 9.17) is 4.74 Å². The molecule has 4 nitrogen and oxygen atoms in total. The Morgan fingerprint density at radius 2 is 1.84 bits per heavy atom. The molecule has 0 saturated carbocycles. The predicted octanol–water partition coefficient (Wildman–Crippen LogP) is 2.69. The molecule has 0 fully saturated rings. The molecule has 0 N–H and O–H groups in total. The third kappa shape index (κ3) is 3.25. The standard InChI is InChI=1S/C15H14N2O2/c1-11-15(17-10-9-16-11)14(18)8-5-12-3-6-13(19-2)7-4-12/h3-10H,1-2H3. The van der Waals surface area contributed by atoms with Crippen molar-refractivity contribution in [3.63, 3.8) is 0 Å². The van der Waals surface area contributed by atoms with E-state index >= 15 is 0 Å². The summed E-state index contributed by atoms with van der Waals surface area (Å²) in [4.78, 5) is 20.0. The monoisotopic (exact) mass is 254 g/mol. The maximum absolute atomic E-state index is 11.9. The van der Waals surface area contributed by atoms with Crippen LogP contribution in [-0.4, -0.2) is 22.9 Å². The zero-order valence-corrected chi connectivity index (χ0v) is 10.8. The van der Waals surface area contributed by atoms with E-state index in [0.29, 0.717) is 11.4 Å². The molecule has 0 amide bonds. The summed E-state index contributed by atoms with van der Waals surface area (Å²) >= 11 is 0. The average molecular weight is 254 g/mol. The predicted molar refractivity (Wildman–Crippen MR) is 73.1 cm³/mol. The summed E-state index contributed by atoms with van der Waals surface area (Å²) in [5.74, 6) is 0.634. The van der Waals surface area contributed by atoms with Crippen molar-refractivity contribution < 1.29 is 9.53 Å². The quantitative estimate of drug-likeness (QED) is 0.621. The zero-order chi connectivity index (χ0) is 13.7. The van der Waals surface area contributed by atoms with Crippen LogP contribution >= 0.6 is 0 Å². The lowest BCUT2D eigenvalue weighted by Gasteiger charge is -2.00. The van der Waals surface area contributed by atoms with Gasteiger partial charge in [0.15, 0.2) is 0 Å². The van der Waals surface area contributed by atoms with Gasteiger partial charge < -0.3 is 4.74 Å². The number of hydrogen-bond donors (Lipinski definition) is 0. The van der Waals surface area contributed by atoms with Gasteiger partial charge in [-0.25, -0.2) is 4.98 Å². The molecular formula is C15H14N2O2. The third-order valence-corrected chi connectivity index (χ3v) is 2.66. The van der Waals surface area contributed by atoms with Crippen molar-refractivity contribution in [1.29, 1.82) is 0 Å². The van der Waals surface area contributed by atoms with Crippen LogP contribution in [0.3, 0.4) is 0 Å². The first-order valence-electron chi connectivity index (χ1n) is 5.85. The fourth-order valence-electron chi connectivity index (χ4n) is 1.62. The van der Waals surface area contributed by atoms with Gasteiger partial charge >= 0.3 is 0 Å². The Labute approximate surface area is 111 Å². The van der Waals surface area contributed by atoms with Crippen LogP contribution in [0, 0.1) is 6.92 Å². The maximum Gasteiger partial charge on any atom is 0.206 e. The highest BCUT2D eigenvalue weighted by molar-refractivity contribution is 6.06. The highest BCUT2D eigenvalue weighted by Crippen LogP contribution is 2.12. The first kappa shape index (κ1) is 13.0. The van der Waals surface area contributed by atoms with Gasteiger partial charge in [-0.3, -0.25) is 9.78 Å². The van der Waals surface area contributed by atoms with E-state index < -0.39 is 0 Å². The van der Waals surface area contributed by atoms with Gasteiger partial charge in [0.05, 0.1) is 12.8 Å². The van der Waals surface area contributed by atoms with E-state index in [-0.39, 0.29) is 5.78 Å². The number of allylic oxidation sites excluding steroid dienone is 1. The number of ether oxygens (including phenoxy) is 1. The van der Waals surface area contributed by atoms with Crippen LogP contribution in [0.5, 0.6) is 5.75 Å². The van der Waals surface area contributed by atoms with Gasteiger partial charge in [0.1, 0.15) is 11.4 Å². The number of hydrogen-bond acceptors (Lipinski definition) is 4. The molecule has 0 radical (unpaired) electrons. The van der Waals surface area contributed by atoms with Crippen molar-refractivity contribution in [2.75, 3.05) is 7.11 Å². The van der Waals surface area contributed by atoms with Crippen molar-refractivity contribution in [2.24, 2.45) is 0 Å². The Morgan fingerprint density at radius 3 is 2.47 bits per heavy atom. The van der Waals surface area contributed by atoms with Crippen molar-refractivity contribution in [2.45, 2.75) is 6.92 Å². The third-order valence-electron chi connectivity index (χ3n) is 2.66. The molecule has 0 aliphatic rings. The summed E-state index contributed by atoms with van der Waals surface area (Å²) in [6.07, 6.45) is 6.33. The molecule has 0 bridgehead atoms. The normalized spacial score (nSPS) is 10.6. The summed E-state index contributed by atoms with van der Waals surface area (Å²) in [6.45, 7) is 1.77. The van der Waals surface area contributed by atoms with Gasteiger partial charge in [0, 0.05) is 12.4 Å². The molecule has 0 atom stereocenters. The van der Waals surface area contributed by atoms with Crippen LogP contribution in [0.25, 0.3) is 6.08 Å². The lowest BCUT2D eigenvalue weighted by molar-refractivity contribution is 0.104. The molecule has 96 valence electrons. The van der Waals surface area contributed by atoms with Gasteiger partial charge in [0.2, 0.25) is 5.78 Å². The summed E-state index contributed by atoms with van der Waals surface area (Å²) in [6, 6.07) is 7.45. The minimum absolute atomic E-state index is 0.151. The van der Waals surface area contributed by atoms with Crippen molar-refractivity contribution >= 4 is 11.9 Å². The van der Waals surface area contributed by atoms with Crippen LogP contribution < -0.4 is 4.74 Å². The molecule has 0 aliphatic carbocycles. The number of carbonyl (C=O) groups excluding carboxylic acids is 1. The molecule has 2 aromatic rings. The molecule has 0 unspecified atom stereocenters. The van der Waals surface area contributed by atoms with E-state index in [1.807, 2.05) is 24.3 Å². The molecule has 1 aromatic heterocycles. The number of ketones is 1. The highest BCUT2D eigenvalue weighted by Gasteiger charge is 2.07. The smallest absolute Gasteiger partial charge is 0.206 e. The van der Waals surface area contributed by atoms with Crippen molar-refractivity contribution in [1.82, 2.24) is 9.97 Å². The number of aryl methyl sites for hydroxylation is 1. The van der Waals surface area contributed by atoms with Crippen LogP contribution in [0.4, 0.5) is 0 Å². The van der Waals surface area contributed by atoms with E-state index in [9.17, 15) is 4.79 Å². The van der Waals surface area contributed by atoms with Crippen molar-refractivity contribution in [3.05, 3.63) is 59.7 Å². The molecule has 0 spiro atoms. The fourth-order valence-corrected chi connectivity index (χ4v) is 1.62. The zero-order valence-electron chi connectivity index (χ0n) is 10.8. The second-order valence-electron chi connectivity index (χ2n) is 3.96. The van der Waals surface area contributed by atoms with Crippen molar-refractivity contribution in [3.8, 4) is 5.75 Å². The molecular weight excluding hydrogens is 240 g/mol. The molecule has 2 rings (SSSR count). The SMILES string of the molecule is COc1ccc(C=CC(=O)c2nccnc2C)cc1. The van der Waals surface area contributed by atoms with Gasteiger partial charge in [-0.2, -0.15) is 0 Å². The van der Waals surface area contributed by atoms with E-state index in [1.165, 1.54) is 12.3 Å². The Hall–Kier alpha value is -2.49. The molecule has 1 heterocycles. The average Bonchev–Trinajstić information content (AvgIpc) is 2.46. The lowest BCUT2D eigenvalue weighted by Crippen LogP contribution is -2.02. The van der Waals surface area contributed by atoms with Crippen LogP contribution in [0.15, 0.2) is 42.7 Å².